The molecule has 9 nitrogen and oxygen atoms in total. The van der Waals surface area contributed by atoms with Gasteiger partial charge in [0.15, 0.2) is 11.5 Å². The van der Waals surface area contributed by atoms with Crippen LogP contribution in [0.3, 0.4) is 0 Å². The Balaban J connectivity index is 1.64. The van der Waals surface area contributed by atoms with Gasteiger partial charge in [0.1, 0.15) is 31.3 Å². The van der Waals surface area contributed by atoms with E-state index in [2.05, 4.69) is 5.32 Å². The lowest BCUT2D eigenvalue weighted by Crippen LogP contribution is -2.41. The van der Waals surface area contributed by atoms with Gasteiger partial charge >= 0.3 is 0 Å². The van der Waals surface area contributed by atoms with Crippen LogP contribution in [0.25, 0.3) is 0 Å². The largest absolute Gasteiger partial charge is 0.497 e. The summed E-state index contributed by atoms with van der Waals surface area (Å²) in [6, 6.07) is 17.6. The Morgan fingerprint density at radius 1 is 0.972 bits per heavy atom. The number of hydrogen-bond acceptors (Lipinski definition) is 7. The molecule has 1 aliphatic rings. The predicted molar refractivity (Wildman–Crippen MR) is 135 cm³/mol. The summed E-state index contributed by atoms with van der Waals surface area (Å²) < 4.78 is 50.2. The molecular formula is C26H28N2O7S. The molecule has 190 valence electrons. The van der Waals surface area contributed by atoms with Crippen LogP contribution in [0.1, 0.15) is 18.5 Å². The van der Waals surface area contributed by atoms with Crippen LogP contribution in [-0.4, -0.2) is 48.3 Å². The number of carbonyl (C=O) groups excluding carboxylic acids is 1. The van der Waals surface area contributed by atoms with Crippen molar-refractivity contribution in [2.45, 2.75) is 17.9 Å². The first-order valence-electron chi connectivity index (χ1n) is 11.3. The van der Waals surface area contributed by atoms with Gasteiger partial charge in [-0.15, -0.1) is 0 Å². The van der Waals surface area contributed by atoms with Crippen molar-refractivity contribution in [3.8, 4) is 23.0 Å². The number of hydrogen-bond donors (Lipinski definition) is 1. The van der Waals surface area contributed by atoms with Crippen LogP contribution in [0.4, 0.5) is 5.69 Å². The molecule has 4 rings (SSSR count). The normalized spacial score (nSPS) is 13.4. The number of ether oxygens (including phenoxy) is 4. The Bertz CT molecular complexity index is 1330. The number of methoxy groups -OCH3 is 2. The van der Waals surface area contributed by atoms with E-state index in [9.17, 15) is 13.2 Å². The van der Waals surface area contributed by atoms with Crippen molar-refractivity contribution in [1.82, 2.24) is 5.32 Å². The zero-order chi connectivity index (χ0) is 25.7. The van der Waals surface area contributed by atoms with E-state index in [1.165, 1.54) is 19.2 Å². The van der Waals surface area contributed by atoms with Crippen LogP contribution in [0.15, 0.2) is 71.6 Å². The van der Waals surface area contributed by atoms with Crippen molar-refractivity contribution < 1.29 is 32.2 Å². The first-order chi connectivity index (χ1) is 17.3. The number of sulfonamides is 1. The van der Waals surface area contributed by atoms with E-state index < -0.39 is 28.5 Å². The fraction of sp³-hybridized carbons (Fsp3) is 0.269. The Morgan fingerprint density at radius 3 is 2.39 bits per heavy atom. The molecule has 0 radical (unpaired) electrons. The van der Waals surface area contributed by atoms with Crippen LogP contribution in [0.2, 0.25) is 0 Å². The van der Waals surface area contributed by atoms with Gasteiger partial charge in [0, 0.05) is 11.6 Å². The molecule has 1 heterocycles. The average molecular weight is 513 g/mol. The molecule has 0 saturated carbocycles. The summed E-state index contributed by atoms with van der Waals surface area (Å²) in [7, 11) is -0.981. The fourth-order valence-electron chi connectivity index (χ4n) is 3.90. The first kappa shape index (κ1) is 25.2. The molecule has 1 atom stereocenters. The number of amides is 1. The molecule has 3 aromatic rings. The minimum absolute atomic E-state index is 0.0650. The van der Waals surface area contributed by atoms with Crippen LogP contribution < -0.4 is 28.6 Å². The maximum Gasteiger partial charge on any atom is 0.264 e. The highest BCUT2D eigenvalue weighted by molar-refractivity contribution is 7.92. The summed E-state index contributed by atoms with van der Waals surface area (Å²) in [5, 5.41) is 2.87. The summed E-state index contributed by atoms with van der Waals surface area (Å²) in [4.78, 5) is 13.3. The van der Waals surface area contributed by atoms with Crippen molar-refractivity contribution in [2.24, 2.45) is 0 Å². The molecule has 10 heteroatoms. The predicted octanol–water partition coefficient (Wildman–Crippen LogP) is 3.55. The third kappa shape index (κ3) is 5.33. The van der Waals surface area contributed by atoms with Crippen LogP contribution in [0.5, 0.6) is 23.0 Å². The molecule has 1 aliphatic heterocycles. The zero-order valence-corrected chi connectivity index (χ0v) is 21.1. The van der Waals surface area contributed by atoms with E-state index in [1.54, 1.807) is 68.6 Å². The van der Waals surface area contributed by atoms with Gasteiger partial charge in [-0.2, -0.15) is 0 Å². The van der Waals surface area contributed by atoms with E-state index >= 15 is 0 Å². The lowest BCUT2D eigenvalue weighted by molar-refractivity contribution is -0.120. The summed E-state index contributed by atoms with van der Waals surface area (Å²) in [6.45, 7) is 2.09. The molecule has 1 amide bonds. The van der Waals surface area contributed by atoms with Gasteiger partial charge in [0.2, 0.25) is 5.91 Å². The number of rotatable bonds is 9. The number of anilines is 1. The van der Waals surface area contributed by atoms with Crippen LogP contribution >= 0.6 is 0 Å². The SMILES string of the molecule is COc1ccc(OC)c([C@H](C)NC(=O)CN(c2ccc3c(c2)OCCO3)S(=O)(=O)c2ccccc2)c1. The summed E-state index contributed by atoms with van der Waals surface area (Å²) >= 11 is 0. The summed E-state index contributed by atoms with van der Waals surface area (Å²) in [6.07, 6.45) is 0. The van der Waals surface area contributed by atoms with Gasteiger partial charge in [-0.25, -0.2) is 8.42 Å². The zero-order valence-electron chi connectivity index (χ0n) is 20.3. The average Bonchev–Trinajstić information content (AvgIpc) is 2.91. The van der Waals surface area contributed by atoms with Gasteiger partial charge in [-0.1, -0.05) is 18.2 Å². The molecule has 0 unspecified atom stereocenters. The molecular weight excluding hydrogens is 484 g/mol. The highest BCUT2D eigenvalue weighted by atomic mass is 32.2. The molecule has 36 heavy (non-hydrogen) atoms. The number of nitrogens with zero attached hydrogens (tertiary/aromatic N) is 1. The van der Waals surface area contributed by atoms with Gasteiger partial charge in [0.05, 0.1) is 30.8 Å². The fourth-order valence-corrected chi connectivity index (χ4v) is 5.33. The van der Waals surface area contributed by atoms with Gasteiger partial charge in [0.25, 0.3) is 10.0 Å². The highest BCUT2D eigenvalue weighted by Crippen LogP contribution is 2.36. The standard InChI is InChI=1S/C26H28N2O7S/c1-18(22-16-20(32-2)10-12-23(22)33-3)27-26(29)17-28(36(30,31)21-7-5-4-6-8-21)19-9-11-24-25(15-19)35-14-13-34-24/h4-12,15-16,18H,13-14,17H2,1-3H3,(H,27,29)/t18-/m0/s1. The molecule has 0 spiro atoms. The van der Waals surface area contributed by atoms with Crippen LogP contribution in [0, 0.1) is 0 Å². The topological polar surface area (TPSA) is 103 Å². The number of benzene rings is 3. The van der Waals surface area contributed by atoms with E-state index in [0.29, 0.717) is 41.8 Å². The Labute approximate surface area is 210 Å². The second-order valence-corrected chi connectivity index (χ2v) is 9.91. The second-order valence-electron chi connectivity index (χ2n) is 8.05. The Kier molecular flexibility index (Phi) is 7.54. The number of carbonyl (C=O) groups is 1. The van der Waals surface area contributed by atoms with E-state index in [-0.39, 0.29) is 10.6 Å². The van der Waals surface area contributed by atoms with Crippen molar-refractivity contribution in [2.75, 3.05) is 38.3 Å². The third-order valence-corrected chi connectivity index (χ3v) is 7.50. The monoisotopic (exact) mass is 512 g/mol. The minimum Gasteiger partial charge on any atom is -0.497 e. The molecule has 0 fully saturated rings. The van der Waals surface area contributed by atoms with E-state index in [1.807, 2.05) is 0 Å². The van der Waals surface area contributed by atoms with E-state index in [4.69, 9.17) is 18.9 Å². The molecule has 0 aliphatic carbocycles. The van der Waals surface area contributed by atoms with Crippen molar-refractivity contribution in [3.05, 3.63) is 72.3 Å². The summed E-state index contributed by atoms with van der Waals surface area (Å²) in [5.41, 5.74) is 0.979. The maximum absolute atomic E-state index is 13.6. The quantitative estimate of drug-likeness (QED) is 0.468. The maximum atomic E-state index is 13.6. The molecule has 0 bridgehead atoms. The smallest absolute Gasteiger partial charge is 0.264 e. The molecule has 3 aromatic carbocycles. The van der Waals surface area contributed by atoms with Gasteiger partial charge in [-0.3, -0.25) is 9.10 Å². The minimum atomic E-state index is -4.07. The Hall–Kier alpha value is -3.92. The van der Waals surface area contributed by atoms with Gasteiger partial charge in [-0.05, 0) is 49.4 Å². The second kappa shape index (κ2) is 10.8. The third-order valence-electron chi connectivity index (χ3n) is 5.71. The van der Waals surface area contributed by atoms with Gasteiger partial charge < -0.3 is 24.3 Å². The molecule has 0 aromatic heterocycles. The van der Waals surface area contributed by atoms with Crippen molar-refractivity contribution in [3.63, 3.8) is 0 Å². The van der Waals surface area contributed by atoms with E-state index in [0.717, 1.165) is 4.31 Å². The van der Waals surface area contributed by atoms with Crippen LogP contribution in [-0.2, 0) is 14.8 Å². The molecule has 1 N–H and O–H groups in total. The Morgan fingerprint density at radius 2 is 1.69 bits per heavy atom. The summed E-state index contributed by atoms with van der Waals surface area (Å²) in [5.74, 6) is 1.62. The number of fused-ring (bicyclic) bond motifs is 1. The number of nitrogens with one attached hydrogen (secondary N) is 1. The lowest BCUT2D eigenvalue weighted by Gasteiger charge is -2.27. The first-order valence-corrected chi connectivity index (χ1v) is 12.8. The highest BCUT2D eigenvalue weighted by Gasteiger charge is 2.29. The van der Waals surface area contributed by atoms with Crippen molar-refractivity contribution in [1.29, 1.82) is 0 Å². The molecule has 0 saturated heterocycles. The lowest BCUT2D eigenvalue weighted by atomic mass is 10.1. The van der Waals surface area contributed by atoms with Crippen molar-refractivity contribution >= 4 is 21.6 Å².